The molecule has 0 spiro atoms. The van der Waals surface area contributed by atoms with Crippen molar-refractivity contribution < 1.29 is 0 Å². The van der Waals surface area contributed by atoms with E-state index in [0.717, 1.165) is 18.2 Å². The number of hydrogen-bond acceptors (Lipinski definition) is 3. The molecule has 0 unspecified atom stereocenters. The summed E-state index contributed by atoms with van der Waals surface area (Å²) in [7, 11) is 0. The molecule has 0 aliphatic rings. The molecule has 1 aromatic carbocycles. The van der Waals surface area contributed by atoms with Gasteiger partial charge in [-0.05, 0) is 25.1 Å². The number of rotatable bonds is 5. The molecule has 2 rings (SSSR count). The first-order valence-electron chi connectivity index (χ1n) is 5.77. The van der Waals surface area contributed by atoms with Gasteiger partial charge in [-0.3, -0.25) is 0 Å². The number of aromatic amines is 1. The van der Waals surface area contributed by atoms with Crippen LogP contribution in [-0.4, -0.2) is 16.5 Å². The highest BCUT2D eigenvalue weighted by molar-refractivity contribution is 7.99. The summed E-state index contributed by atoms with van der Waals surface area (Å²) in [5, 5.41) is 4.30. The minimum absolute atomic E-state index is 0.904. The maximum atomic E-state index is 4.24. The van der Waals surface area contributed by atoms with Crippen molar-refractivity contribution in [2.75, 3.05) is 6.54 Å². The van der Waals surface area contributed by atoms with E-state index < -0.39 is 0 Å². The summed E-state index contributed by atoms with van der Waals surface area (Å²) < 4.78 is 0. The zero-order valence-corrected chi connectivity index (χ0v) is 11.0. The summed E-state index contributed by atoms with van der Waals surface area (Å²) in [5.74, 6) is 0. The van der Waals surface area contributed by atoms with Gasteiger partial charge >= 0.3 is 0 Å². The second kappa shape index (κ2) is 5.89. The number of hydrogen-bond donors (Lipinski definition) is 2. The molecule has 2 aromatic rings. The fourth-order valence-corrected chi connectivity index (χ4v) is 2.46. The maximum absolute atomic E-state index is 4.24. The van der Waals surface area contributed by atoms with E-state index in [4.69, 9.17) is 0 Å². The van der Waals surface area contributed by atoms with Crippen LogP contribution < -0.4 is 5.32 Å². The third-order valence-electron chi connectivity index (χ3n) is 2.46. The van der Waals surface area contributed by atoms with Crippen LogP contribution in [0.15, 0.2) is 40.6 Å². The van der Waals surface area contributed by atoms with Crippen LogP contribution in [0.2, 0.25) is 0 Å². The number of aromatic nitrogens is 2. The monoisotopic (exact) mass is 247 g/mol. The Labute approximate surface area is 106 Å². The van der Waals surface area contributed by atoms with Crippen molar-refractivity contribution in [2.24, 2.45) is 0 Å². The summed E-state index contributed by atoms with van der Waals surface area (Å²) >= 11 is 1.67. The van der Waals surface area contributed by atoms with Gasteiger partial charge in [-0.25, -0.2) is 4.98 Å². The van der Waals surface area contributed by atoms with Gasteiger partial charge in [-0.15, -0.1) is 0 Å². The largest absolute Gasteiger partial charge is 0.339 e. The Morgan fingerprint density at radius 3 is 3.00 bits per heavy atom. The van der Waals surface area contributed by atoms with Crippen molar-refractivity contribution in [2.45, 2.75) is 30.4 Å². The Kier molecular flexibility index (Phi) is 4.23. The molecule has 0 fully saturated rings. The van der Waals surface area contributed by atoms with Gasteiger partial charge in [-0.1, -0.05) is 36.4 Å². The maximum Gasteiger partial charge on any atom is 0.170 e. The fourth-order valence-electron chi connectivity index (χ4n) is 1.62. The minimum atomic E-state index is 0.904. The first-order valence-corrected chi connectivity index (χ1v) is 6.58. The topological polar surface area (TPSA) is 40.7 Å². The van der Waals surface area contributed by atoms with E-state index in [1.807, 2.05) is 6.20 Å². The molecule has 2 N–H and O–H groups in total. The zero-order chi connectivity index (χ0) is 12.1. The molecular formula is C13H17N3S. The average Bonchev–Trinajstić information content (AvgIpc) is 2.82. The van der Waals surface area contributed by atoms with Gasteiger partial charge in [0.1, 0.15) is 0 Å². The predicted octanol–water partition coefficient (Wildman–Crippen LogP) is 2.98. The Morgan fingerprint density at radius 1 is 1.41 bits per heavy atom. The molecule has 0 amide bonds. The first kappa shape index (κ1) is 12.2. The van der Waals surface area contributed by atoms with Crippen LogP contribution in [0.3, 0.4) is 0 Å². The lowest BCUT2D eigenvalue weighted by atomic mass is 10.1. The molecule has 17 heavy (non-hydrogen) atoms. The van der Waals surface area contributed by atoms with Gasteiger partial charge in [0.2, 0.25) is 0 Å². The van der Waals surface area contributed by atoms with Gasteiger partial charge in [0.15, 0.2) is 5.16 Å². The Bertz CT molecular complexity index is 466. The van der Waals surface area contributed by atoms with Gasteiger partial charge in [0.05, 0.1) is 0 Å². The minimum Gasteiger partial charge on any atom is -0.339 e. The molecule has 0 atom stereocenters. The number of nitrogens with one attached hydrogen (secondary N) is 2. The van der Waals surface area contributed by atoms with Crippen LogP contribution in [0.1, 0.15) is 18.1 Å². The Balaban J connectivity index is 2.19. The lowest BCUT2D eigenvalue weighted by molar-refractivity contribution is 0.717. The van der Waals surface area contributed by atoms with E-state index in [-0.39, 0.29) is 0 Å². The van der Waals surface area contributed by atoms with Gasteiger partial charge < -0.3 is 10.3 Å². The molecule has 4 heteroatoms. The summed E-state index contributed by atoms with van der Waals surface area (Å²) in [5.41, 5.74) is 2.62. The highest BCUT2D eigenvalue weighted by atomic mass is 32.2. The van der Waals surface area contributed by atoms with Crippen molar-refractivity contribution in [3.05, 3.63) is 41.7 Å². The molecule has 0 aliphatic heterocycles. The molecule has 0 saturated carbocycles. The average molecular weight is 247 g/mol. The quantitative estimate of drug-likeness (QED) is 0.853. The van der Waals surface area contributed by atoms with Crippen molar-refractivity contribution >= 4 is 11.8 Å². The molecule has 1 aromatic heterocycles. The van der Waals surface area contributed by atoms with E-state index in [1.54, 1.807) is 18.0 Å². The van der Waals surface area contributed by atoms with E-state index in [0.29, 0.717) is 0 Å². The molecule has 0 bridgehead atoms. The number of nitrogens with zero attached hydrogens (tertiary/aromatic N) is 1. The normalized spacial score (nSPS) is 10.7. The van der Waals surface area contributed by atoms with Crippen LogP contribution >= 0.6 is 11.8 Å². The highest BCUT2D eigenvalue weighted by Crippen LogP contribution is 2.28. The fraction of sp³-hybridized carbons (Fsp3) is 0.308. The predicted molar refractivity (Wildman–Crippen MR) is 71.3 cm³/mol. The van der Waals surface area contributed by atoms with Gasteiger partial charge in [0, 0.05) is 23.8 Å². The second-order valence-corrected chi connectivity index (χ2v) is 4.92. The zero-order valence-electron chi connectivity index (χ0n) is 10.2. The lowest BCUT2D eigenvalue weighted by Gasteiger charge is -2.09. The van der Waals surface area contributed by atoms with Crippen LogP contribution in [0.25, 0.3) is 0 Å². The summed E-state index contributed by atoms with van der Waals surface area (Å²) in [6.07, 6.45) is 3.63. The SMILES string of the molecule is CCNCc1cc(C)ccc1Sc1ncc[nH]1. The van der Waals surface area contributed by atoms with Crippen LogP contribution in [0, 0.1) is 6.92 Å². The van der Waals surface area contributed by atoms with Crippen LogP contribution in [0.4, 0.5) is 0 Å². The van der Waals surface area contributed by atoms with Crippen LogP contribution in [-0.2, 0) is 6.54 Å². The van der Waals surface area contributed by atoms with E-state index in [1.165, 1.54) is 16.0 Å². The second-order valence-electron chi connectivity index (χ2n) is 3.89. The lowest BCUT2D eigenvalue weighted by Crippen LogP contribution is -2.12. The molecule has 1 heterocycles. The van der Waals surface area contributed by atoms with E-state index >= 15 is 0 Å². The number of benzene rings is 1. The summed E-state index contributed by atoms with van der Waals surface area (Å²) in [4.78, 5) is 8.61. The molecule has 3 nitrogen and oxygen atoms in total. The number of H-pyrrole nitrogens is 1. The molecule has 0 saturated heterocycles. The molecule has 0 radical (unpaired) electrons. The number of imidazole rings is 1. The smallest absolute Gasteiger partial charge is 0.170 e. The number of aryl methyl sites for hydroxylation is 1. The summed E-state index contributed by atoms with van der Waals surface area (Å²) in [6, 6.07) is 6.53. The van der Waals surface area contributed by atoms with Crippen molar-refractivity contribution in [1.82, 2.24) is 15.3 Å². The van der Waals surface area contributed by atoms with E-state index in [2.05, 4.69) is 47.3 Å². The van der Waals surface area contributed by atoms with Gasteiger partial charge in [-0.2, -0.15) is 0 Å². The Morgan fingerprint density at radius 2 is 2.29 bits per heavy atom. The standard InChI is InChI=1S/C13H17N3S/c1-3-14-9-11-8-10(2)4-5-12(11)17-13-15-6-7-16-13/h4-8,14H,3,9H2,1-2H3,(H,15,16). The molecule has 0 aliphatic carbocycles. The van der Waals surface area contributed by atoms with Crippen molar-refractivity contribution in [3.8, 4) is 0 Å². The molecule has 90 valence electrons. The van der Waals surface area contributed by atoms with Crippen LogP contribution in [0.5, 0.6) is 0 Å². The third kappa shape index (κ3) is 3.35. The summed E-state index contributed by atoms with van der Waals surface area (Å²) in [6.45, 7) is 6.13. The van der Waals surface area contributed by atoms with Crippen molar-refractivity contribution in [3.63, 3.8) is 0 Å². The third-order valence-corrected chi connectivity index (χ3v) is 3.50. The molecular weight excluding hydrogens is 230 g/mol. The van der Waals surface area contributed by atoms with Gasteiger partial charge in [0.25, 0.3) is 0 Å². The first-order chi connectivity index (χ1) is 8.29. The van der Waals surface area contributed by atoms with Crippen molar-refractivity contribution in [1.29, 1.82) is 0 Å². The van der Waals surface area contributed by atoms with E-state index in [9.17, 15) is 0 Å². The Hall–Kier alpha value is -1.26. The highest BCUT2D eigenvalue weighted by Gasteiger charge is 2.05.